The second kappa shape index (κ2) is 8.87. The van der Waals surface area contributed by atoms with Crippen LogP contribution in [0.1, 0.15) is 25.0 Å². The summed E-state index contributed by atoms with van der Waals surface area (Å²) in [5.74, 6) is -1.29. The molecule has 0 aliphatic carbocycles. The highest BCUT2D eigenvalue weighted by Gasteiger charge is 2.32. The minimum atomic E-state index is -1.16. The highest BCUT2D eigenvalue weighted by Crippen LogP contribution is 2.22. The third-order valence-corrected chi connectivity index (χ3v) is 3.98. The molecule has 0 bridgehead atoms. The smallest absolute Gasteiger partial charge is 0.240 e. The predicted octanol–water partition coefficient (Wildman–Crippen LogP) is -0.762. The van der Waals surface area contributed by atoms with Crippen LogP contribution in [0.25, 0.3) is 0 Å². The summed E-state index contributed by atoms with van der Waals surface area (Å²) in [6.07, 6.45) is 3.04. The topological polar surface area (TPSA) is 136 Å². The van der Waals surface area contributed by atoms with Gasteiger partial charge in [-0.3, -0.25) is 9.59 Å². The molecule has 128 valence electrons. The highest BCUT2D eigenvalue weighted by molar-refractivity contribution is 8.15. The summed E-state index contributed by atoms with van der Waals surface area (Å²) < 4.78 is 5.05. The average molecular weight is 351 g/mol. The summed E-state index contributed by atoms with van der Waals surface area (Å²) in [5.41, 5.74) is 0. The van der Waals surface area contributed by atoms with E-state index in [4.69, 9.17) is 4.42 Å². The zero-order valence-corrected chi connectivity index (χ0v) is 13.4. The average Bonchev–Trinajstić information content (AvgIpc) is 3.14. The fourth-order valence-electron chi connectivity index (χ4n) is 1.79. The van der Waals surface area contributed by atoms with Crippen LogP contribution in [0.5, 0.6) is 0 Å². The van der Waals surface area contributed by atoms with Crippen molar-refractivity contribution in [2.75, 3.05) is 6.54 Å². The molecular formula is C14H15N4O5S-. The lowest BCUT2D eigenvalue weighted by molar-refractivity contribution is -0.305. The molecule has 1 aliphatic heterocycles. The minimum Gasteiger partial charge on any atom is -0.550 e. The Bertz CT molecular complexity index is 656. The molecule has 2 rings (SSSR count). The Morgan fingerprint density at radius 1 is 1.50 bits per heavy atom. The Kier molecular flexibility index (Phi) is 6.55. The van der Waals surface area contributed by atoms with Crippen molar-refractivity contribution in [3.8, 4) is 0 Å². The van der Waals surface area contributed by atoms with Crippen molar-refractivity contribution < 1.29 is 23.9 Å². The van der Waals surface area contributed by atoms with Gasteiger partial charge in [-0.05, 0) is 25.0 Å². The Morgan fingerprint density at radius 3 is 3.04 bits per heavy atom. The number of amidine groups is 1. The summed E-state index contributed by atoms with van der Waals surface area (Å²) >= 11 is 1.11. The quantitative estimate of drug-likeness (QED) is 0.359. The molecule has 2 N–H and O–H groups in total. The number of nitrogens with zero attached hydrogens (tertiary/aromatic N) is 2. The second-order valence-corrected chi connectivity index (χ2v) is 5.98. The Hall–Kier alpha value is -2.62. The number of furan rings is 1. The molecule has 1 saturated heterocycles. The van der Waals surface area contributed by atoms with Crippen molar-refractivity contribution in [3.63, 3.8) is 0 Å². The first kappa shape index (κ1) is 17.7. The lowest BCUT2D eigenvalue weighted by Crippen LogP contribution is -2.32. The molecule has 10 heteroatoms. The normalized spacial score (nSPS) is 18.9. The van der Waals surface area contributed by atoms with Crippen molar-refractivity contribution in [2.45, 2.75) is 24.5 Å². The van der Waals surface area contributed by atoms with Crippen molar-refractivity contribution >= 4 is 40.9 Å². The van der Waals surface area contributed by atoms with E-state index in [1.165, 1.54) is 12.5 Å². The number of carboxylic acids is 1. The minimum absolute atomic E-state index is 0.0251. The van der Waals surface area contributed by atoms with E-state index in [1.807, 2.05) is 0 Å². The maximum absolute atomic E-state index is 11.8. The van der Waals surface area contributed by atoms with Crippen LogP contribution in [-0.2, 0) is 14.4 Å². The van der Waals surface area contributed by atoms with Crippen LogP contribution in [0.3, 0.4) is 0 Å². The number of hydrogen-bond donors (Lipinski definition) is 2. The first-order chi connectivity index (χ1) is 11.5. The van der Waals surface area contributed by atoms with Gasteiger partial charge in [-0.2, -0.15) is 5.10 Å². The molecule has 9 nitrogen and oxygen atoms in total. The van der Waals surface area contributed by atoms with Crippen LogP contribution in [0.2, 0.25) is 0 Å². The van der Waals surface area contributed by atoms with Gasteiger partial charge in [0, 0.05) is 18.9 Å². The van der Waals surface area contributed by atoms with E-state index < -0.39 is 11.2 Å². The standard InChI is InChI=1S/C14H16N4O5S/c19-11(15-5-1-4-12(20)21)7-10-13(22)17-14(24-10)18-16-8-9-3-2-6-23-9/h2-3,6,8,10H,1,4-5,7H2,(H,15,19)(H,20,21)(H,17,18,22)/p-1/b16-8-/t10-/m0/s1. The Labute approximate surface area is 141 Å². The summed E-state index contributed by atoms with van der Waals surface area (Å²) in [6.45, 7) is 0.222. The molecule has 0 radical (unpaired) electrons. The van der Waals surface area contributed by atoms with Crippen LogP contribution >= 0.6 is 11.8 Å². The summed E-state index contributed by atoms with van der Waals surface area (Å²) in [5, 5.41) is 22.7. The molecule has 24 heavy (non-hydrogen) atoms. The van der Waals surface area contributed by atoms with Gasteiger partial charge >= 0.3 is 0 Å². The SMILES string of the molecule is O=C([O-])CCCNC(=O)C[C@@H]1S/C(=N\N=C/c2ccco2)NC1=O. The zero-order valence-electron chi connectivity index (χ0n) is 12.6. The Morgan fingerprint density at radius 2 is 2.33 bits per heavy atom. The lowest BCUT2D eigenvalue weighted by Gasteiger charge is -2.07. The summed E-state index contributed by atoms with van der Waals surface area (Å²) in [4.78, 5) is 33.8. The van der Waals surface area contributed by atoms with E-state index >= 15 is 0 Å². The maximum Gasteiger partial charge on any atom is 0.240 e. The van der Waals surface area contributed by atoms with Gasteiger partial charge in [-0.1, -0.05) is 11.8 Å². The number of nitrogens with one attached hydrogen (secondary N) is 2. The van der Waals surface area contributed by atoms with E-state index in [0.717, 1.165) is 11.8 Å². The molecule has 2 amide bonds. The van der Waals surface area contributed by atoms with Crippen LogP contribution in [0, 0.1) is 0 Å². The van der Waals surface area contributed by atoms with Crippen molar-refractivity contribution in [1.82, 2.24) is 10.6 Å². The van der Waals surface area contributed by atoms with Crippen LogP contribution in [0.4, 0.5) is 0 Å². The number of carboxylic acid groups (broad SMARTS) is 1. The van der Waals surface area contributed by atoms with Gasteiger partial charge < -0.3 is 25.0 Å². The molecular weight excluding hydrogens is 336 g/mol. The fraction of sp³-hybridized carbons (Fsp3) is 0.357. The van der Waals surface area contributed by atoms with Crippen LogP contribution in [-0.4, -0.2) is 41.0 Å². The van der Waals surface area contributed by atoms with E-state index in [1.54, 1.807) is 12.1 Å². The molecule has 0 unspecified atom stereocenters. The van der Waals surface area contributed by atoms with Crippen molar-refractivity contribution in [3.05, 3.63) is 24.2 Å². The molecule has 0 aromatic carbocycles. The first-order valence-corrected chi connectivity index (χ1v) is 8.01. The van der Waals surface area contributed by atoms with Crippen LogP contribution < -0.4 is 15.7 Å². The summed E-state index contributed by atoms with van der Waals surface area (Å²) in [6, 6.07) is 3.42. The van der Waals surface area contributed by atoms with Gasteiger partial charge in [0.2, 0.25) is 11.8 Å². The number of carbonyl (C=O) groups excluding carboxylic acids is 3. The van der Waals surface area contributed by atoms with Gasteiger partial charge in [0.15, 0.2) is 5.17 Å². The van der Waals surface area contributed by atoms with Crippen molar-refractivity contribution in [2.24, 2.45) is 10.2 Å². The third kappa shape index (κ3) is 5.88. The number of hydrogen-bond acceptors (Lipinski definition) is 8. The highest BCUT2D eigenvalue weighted by atomic mass is 32.2. The first-order valence-electron chi connectivity index (χ1n) is 7.13. The number of amides is 2. The molecule has 2 heterocycles. The molecule has 1 fully saturated rings. The van der Waals surface area contributed by atoms with E-state index in [-0.39, 0.29) is 37.6 Å². The number of thioether (sulfide) groups is 1. The predicted molar refractivity (Wildman–Crippen MR) is 85.1 cm³/mol. The van der Waals surface area contributed by atoms with E-state index in [2.05, 4.69) is 20.8 Å². The van der Waals surface area contributed by atoms with E-state index in [9.17, 15) is 19.5 Å². The molecule has 1 aliphatic rings. The van der Waals surface area contributed by atoms with Crippen molar-refractivity contribution in [1.29, 1.82) is 0 Å². The zero-order chi connectivity index (χ0) is 17.4. The number of carbonyl (C=O) groups is 3. The largest absolute Gasteiger partial charge is 0.550 e. The molecule has 1 aromatic rings. The third-order valence-electron chi connectivity index (χ3n) is 2.90. The van der Waals surface area contributed by atoms with Crippen LogP contribution in [0.15, 0.2) is 33.0 Å². The van der Waals surface area contributed by atoms with Gasteiger partial charge in [0.1, 0.15) is 11.0 Å². The number of aliphatic carboxylic acids is 1. The fourth-order valence-corrected chi connectivity index (χ4v) is 2.71. The van der Waals surface area contributed by atoms with E-state index in [0.29, 0.717) is 10.9 Å². The van der Waals surface area contributed by atoms with Gasteiger partial charge in [0.05, 0.1) is 12.5 Å². The second-order valence-electron chi connectivity index (χ2n) is 4.79. The molecule has 0 saturated carbocycles. The molecule has 1 atom stereocenters. The maximum atomic E-state index is 11.8. The molecule has 1 aromatic heterocycles. The summed E-state index contributed by atoms with van der Waals surface area (Å²) in [7, 11) is 0. The van der Waals surface area contributed by atoms with Gasteiger partial charge in [-0.25, -0.2) is 0 Å². The lowest BCUT2D eigenvalue weighted by atomic mass is 10.2. The molecule has 0 spiro atoms. The van der Waals surface area contributed by atoms with Gasteiger partial charge in [0.25, 0.3) is 0 Å². The number of rotatable bonds is 8. The monoisotopic (exact) mass is 351 g/mol. The van der Waals surface area contributed by atoms with Gasteiger partial charge in [-0.15, -0.1) is 5.10 Å². The Balaban J connectivity index is 1.75.